The summed E-state index contributed by atoms with van der Waals surface area (Å²) >= 11 is 1.61. The highest BCUT2D eigenvalue weighted by Crippen LogP contribution is 2.15. The molecule has 0 bridgehead atoms. The van der Waals surface area contributed by atoms with Gasteiger partial charge in [0.15, 0.2) is 0 Å². The number of hydrogen-bond donors (Lipinski definition) is 2. The van der Waals surface area contributed by atoms with Crippen LogP contribution in [0.3, 0.4) is 0 Å². The minimum atomic E-state index is -0.695. The van der Waals surface area contributed by atoms with Gasteiger partial charge < -0.3 is 20.9 Å². The van der Waals surface area contributed by atoms with E-state index in [9.17, 15) is 9.59 Å². The highest BCUT2D eigenvalue weighted by atomic mass is 32.2. The Morgan fingerprint density at radius 1 is 1.05 bits per heavy atom. The standard InChI is InChI=1S/C8H17NO2.C4H9NO2S/c1-5(2)7(6(3)4)11-8(9)10;1-8-3-2-7-4(5)6/h5-7H,1-4H3,(H2,9,10);2-3H2,1H3,(H2,5,6). The molecule has 4 N–H and O–H groups in total. The molecule has 0 aromatic carbocycles. The monoisotopic (exact) mass is 294 g/mol. The lowest BCUT2D eigenvalue weighted by Crippen LogP contribution is -2.31. The van der Waals surface area contributed by atoms with Gasteiger partial charge in [-0.1, -0.05) is 27.7 Å². The summed E-state index contributed by atoms with van der Waals surface area (Å²) in [4.78, 5) is 20.3. The molecule has 0 aliphatic rings. The summed E-state index contributed by atoms with van der Waals surface area (Å²) in [5, 5.41) is 0. The highest BCUT2D eigenvalue weighted by Gasteiger charge is 2.20. The van der Waals surface area contributed by atoms with Gasteiger partial charge in [0.25, 0.3) is 0 Å². The van der Waals surface area contributed by atoms with Crippen molar-refractivity contribution in [3.8, 4) is 0 Å². The van der Waals surface area contributed by atoms with Crippen LogP contribution in [0.2, 0.25) is 0 Å². The van der Waals surface area contributed by atoms with E-state index in [0.29, 0.717) is 18.4 Å². The predicted molar refractivity (Wildman–Crippen MR) is 78.0 cm³/mol. The summed E-state index contributed by atoms with van der Waals surface area (Å²) in [6.07, 6.45) is 0.494. The molecule has 7 heteroatoms. The van der Waals surface area contributed by atoms with E-state index in [2.05, 4.69) is 10.5 Å². The lowest BCUT2D eigenvalue weighted by Gasteiger charge is -2.23. The quantitative estimate of drug-likeness (QED) is 0.731. The van der Waals surface area contributed by atoms with Crippen LogP contribution in [0.25, 0.3) is 0 Å². The number of carbonyl (C=O) groups excluding carboxylic acids is 2. The first-order chi connectivity index (χ1) is 8.72. The number of thioether (sulfide) groups is 1. The van der Waals surface area contributed by atoms with Crippen LogP contribution in [-0.4, -0.2) is 36.9 Å². The minimum absolute atomic E-state index is 0.0625. The Hall–Kier alpha value is -1.11. The van der Waals surface area contributed by atoms with Crippen LogP contribution in [0, 0.1) is 11.8 Å². The lowest BCUT2D eigenvalue weighted by atomic mass is 9.96. The van der Waals surface area contributed by atoms with E-state index >= 15 is 0 Å². The largest absolute Gasteiger partial charge is 0.449 e. The lowest BCUT2D eigenvalue weighted by molar-refractivity contribution is 0.0486. The third-order valence-corrected chi connectivity index (χ3v) is 2.67. The molecule has 0 aliphatic carbocycles. The topological polar surface area (TPSA) is 105 Å². The molecule has 0 saturated carbocycles. The van der Waals surface area contributed by atoms with Gasteiger partial charge in [0.05, 0.1) is 0 Å². The number of nitrogens with two attached hydrogens (primary N) is 2. The molecule has 0 atom stereocenters. The van der Waals surface area contributed by atoms with Gasteiger partial charge in [0, 0.05) is 5.75 Å². The Balaban J connectivity index is 0. The van der Waals surface area contributed by atoms with E-state index in [4.69, 9.17) is 10.5 Å². The number of amides is 2. The van der Waals surface area contributed by atoms with Crippen molar-refractivity contribution in [2.24, 2.45) is 23.3 Å². The van der Waals surface area contributed by atoms with E-state index < -0.39 is 12.2 Å². The van der Waals surface area contributed by atoms with Crippen molar-refractivity contribution in [2.75, 3.05) is 18.6 Å². The van der Waals surface area contributed by atoms with Crippen LogP contribution in [0.1, 0.15) is 27.7 Å². The number of rotatable bonds is 6. The molecule has 2 amide bonds. The first-order valence-corrected chi connectivity index (χ1v) is 7.49. The maximum atomic E-state index is 10.4. The van der Waals surface area contributed by atoms with E-state index in [0.717, 1.165) is 5.75 Å². The van der Waals surface area contributed by atoms with Crippen molar-refractivity contribution in [3.63, 3.8) is 0 Å². The molecule has 0 radical (unpaired) electrons. The van der Waals surface area contributed by atoms with Gasteiger partial charge >= 0.3 is 12.2 Å². The number of hydrogen-bond acceptors (Lipinski definition) is 5. The molecule has 0 saturated heterocycles. The van der Waals surface area contributed by atoms with Gasteiger partial charge in [-0.05, 0) is 18.1 Å². The Bertz CT molecular complexity index is 252. The Kier molecular flexibility index (Phi) is 12.7. The second-order valence-corrected chi connectivity index (χ2v) is 5.54. The van der Waals surface area contributed by atoms with Gasteiger partial charge in [0.1, 0.15) is 12.7 Å². The Labute approximate surface area is 119 Å². The molecular formula is C12H26N2O4S. The first-order valence-electron chi connectivity index (χ1n) is 6.09. The van der Waals surface area contributed by atoms with E-state index in [1.54, 1.807) is 11.8 Å². The van der Waals surface area contributed by atoms with Crippen molar-refractivity contribution in [1.29, 1.82) is 0 Å². The van der Waals surface area contributed by atoms with Crippen LogP contribution in [-0.2, 0) is 9.47 Å². The molecule has 6 nitrogen and oxygen atoms in total. The van der Waals surface area contributed by atoms with Crippen molar-refractivity contribution < 1.29 is 19.1 Å². The highest BCUT2D eigenvalue weighted by molar-refractivity contribution is 7.98. The Morgan fingerprint density at radius 3 is 1.74 bits per heavy atom. The summed E-state index contributed by atoms with van der Waals surface area (Å²) in [5.74, 6) is 1.45. The summed E-state index contributed by atoms with van der Waals surface area (Å²) in [7, 11) is 0. The molecule has 0 aromatic rings. The van der Waals surface area contributed by atoms with Crippen molar-refractivity contribution in [2.45, 2.75) is 33.8 Å². The van der Waals surface area contributed by atoms with E-state index in [1.807, 2.05) is 34.0 Å². The second-order valence-electron chi connectivity index (χ2n) is 4.55. The molecule has 0 heterocycles. The van der Waals surface area contributed by atoms with E-state index in [1.165, 1.54) is 0 Å². The smallest absolute Gasteiger partial charge is 0.404 e. The summed E-state index contributed by atoms with van der Waals surface area (Å²) in [6.45, 7) is 8.44. The SMILES string of the molecule is CC(C)C(OC(N)=O)C(C)C.CSCCOC(N)=O. The molecule has 0 rings (SSSR count). The zero-order chi connectivity index (χ0) is 15.4. The van der Waals surface area contributed by atoms with Crippen LogP contribution >= 0.6 is 11.8 Å². The summed E-state index contributed by atoms with van der Waals surface area (Å²) < 4.78 is 9.31. The van der Waals surface area contributed by atoms with Gasteiger partial charge in [0.2, 0.25) is 0 Å². The van der Waals surface area contributed by atoms with Crippen LogP contribution < -0.4 is 11.5 Å². The normalized spacial score (nSPS) is 10.1. The Morgan fingerprint density at radius 2 is 1.53 bits per heavy atom. The van der Waals surface area contributed by atoms with E-state index in [-0.39, 0.29) is 6.10 Å². The van der Waals surface area contributed by atoms with Crippen LogP contribution in [0.5, 0.6) is 0 Å². The van der Waals surface area contributed by atoms with Gasteiger partial charge in [-0.3, -0.25) is 0 Å². The zero-order valence-electron chi connectivity index (χ0n) is 12.3. The van der Waals surface area contributed by atoms with Crippen LogP contribution in [0.15, 0.2) is 0 Å². The average molecular weight is 294 g/mol. The molecule has 0 spiro atoms. The predicted octanol–water partition coefficient (Wildman–Crippen LogP) is 2.21. The molecule has 0 unspecified atom stereocenters. The molecule has 0 aliphatic heterocycles. The summed E-state index contributed by atoms with van der Waals surface area (Å²) in [6, 6.07) is 0. The number of ether oxygens (including phenoxy) is 2. The second kappa shape index (κ2) is 12.0. The third kappa shape index (κ3) is 14.8. The van der Waals surface area contributed by atoms with Crippen molar-refractivity contribution in [1.82, 2.24) is 0 Å². The first kappa shape index (κ1) is 20.2. The molecule has 0 fully saturated rings. The van der Waals surface area contributed by atoms with Crippen molar-refractivity contribution in [3.05, 3.63) is 0 Å². The maximum absolute atomic E-state index is 10.4. The zero-order valence-corrected chi connectivity index (χ0v) is 13.2. The third-order valence-electron chi connectivity index (χ3n) is 2.10. The summed E-state index contributed by atoms with van der Waals surface area (Å²) in [5.41, 5.74) is 9.57. The van der Waals surface area contributed by atoms with Crippen LogP contribution in [0.4, 0.5) is 9.59 Å². The molecule has 114 valence electrons. The number of primary amides is 2. The van der Waals surface area contributed by atoms with Crippen molar-refractivity contribution >= 4 is 23.9 Å². The van der Waals surface area contributed by atoms with Gasteiger partial charge in [-0.15, -0.1) is 0 Å². The maximum Gasteiger partial charge on any atom is 0.404 e. The minimum Gasteiger partial charge on any atom is -0.449 e. The fraction of sp³-hybridized carbons (Fsp3) is 0.833. The molecule has 19 heavy (non-hydrogen) atoms. The number of carbonyl (C=O) groups is 2. The fourth-order valence-corrected chi connectivity index (χ4v) is 1.65. The fourth-order valence-electron chi connectivity index (χ4n) is 1.40. The molecule has 0 aromatic heterocycles. The van der Waals surface area contributed by atoms with Gasteiger partial charge in [-0.2, -0.15) is 11.8 Å². The molecular weight excluding hydrogens is 268 g/mol. The van der Waals surface area contributed by atoms with Gasteiger partial charge in [-0.25, -0.2) is 9.59 Å². The average Bonchev–Trinajstić information content (AvgIpc) is 2.25.